The lowest BCUT2D eigenvalue weighted by Crippen LogP contribution is -2.49. The van der Waals surface area contributed by atoms with Gasteiger partial charge in [-0.1, -0.05) is 18.5 Å². The van der Waals surface area contributed by atoms with Crippen LogP contribution in [0, 0.1) is 28.6 Å². The standard InChI is InChI=1S/C56H66ClF2N11O2/c1-36-32-67(43-11-9-42(10-12-43)64-24-17-56(18-25-64)29-37(2)69(35-56)45-8-7-40(30-60)50(57)27-45)22-15-46(36)55(72)65-20-13-44(14-21-65)70-51-16-23-66(38(3)71)34-49(51)54(62-70)68-19-5-6-39-26-47(41-31-61-63(4)33-41)48(53(58)59)28-52(39)68/h7-12,26-28,31,33,36-37,44,46,53H,5-6,13-25,29,32,34-35H2,1-4H3/t36-,37-,46+/m0/s1. The molecule has 0 N–H and O–H groups in total. The number of aromatic nitrogens is 4. The van der Waals surface area contributed by atoms with Crippen LogP contribution in [0.15, 0.2) is 67.0 Å². The molecule has 3 atom stereocenters. The Balaban J connectivity index is 0.716. The number of carbonyl (C=O) groups is 2. The average molecular weight is 999 g/mol. The van der Waals surface area contributed by atoms with Crippen molar-refractivity contribution < 1.29 is 18.4 Å². The van der Waals surface area contributed by atoms with E-state index in [0.717, 1.165) is 118 Å². The number of piperidine rings is 3. The topological polar surface area (TPSA) is 113 Å². The number of halogens is 3. The molecule has 4 saturated heterocycles. The van der Waals surface area contributed by atoms with E-state index in [9.17, 15) is 23.6 Å². The van der Waals surface area contributed by atoms with Gasteiger partial charge in [0.05, 0.1) is 29.4 Å². The minimum atomic E-state index is -2.67. The SMILES string of the molecule is CC(=O)N1CCc2c(c(N3CCCc4cc(-c5cnn(C)c5)c(C(F)F)cc43)nn2C2CCN(C(=O)[C@@H]3CCN(c4ccc(N5CCC6(CC5)C[C@H](C)N(c5ccc(C#N)c(Cl)c5)C6)cc4)C[C@@H]3C)CC2)C1. The molecular formula is C56H66ClF2N11O2. The van der Waals surface area contributed by atoms with E-state index in [1.54, 1.807) is 37.1 Å². The molecule has 4 fully saturated rings. The van der Waals surface area contributed by atoms with Crippen molar-refractivity contribution in [3.63, 3.8) is 0 Å². The summed E-state index contributed by atoms with van der Waals surface area (Å²) in [7, 11) is 1.79. The summed E-state index contributed by atoms with van der Waals surface area (Å²) < 4.78 is 33.4. The number of anilines is 5. The highest BCUT2D eigenvalue weighted by atomic mass is 35.5. The van der Waals surface area contributed by atoms with Crippen LogP contribution in [0.1, 0.15) is 106 Å². The summed E-state index contributed by atoms with van der Waals surface area (Å²) in [4.78, 5) is 40.6. The van der Waals surface area contributed by atoms with E-state index < -0.39 is 6.43 Å². The van der Waals surface area contributed by atoms with Gasteiger partial charge in [-0.15, -0.1) is 0 Å². The average Bonchev–Trinajstić information content (AvgIpc) is 4.10. The van der Waals surface area contributed by atoms with E-state index in [0.29, 0.717) is 66.9 Å². The second kappa shape index (κ2) is 19.4. The number of aryl methyl sites for hydroxylation is 2. The number of nitrogens with zero attached hydrogens (tertiary/aromatic N) is 11. The molecule has 2 aromatic heterocycles. The molecule has 5 aromatic rings. The van der Waals surface area contributed by atoms with Crippen molar-refractivity contribution in [3.8, 4) is 17.2 Å². The summed E-state index contributed by atoms with van der Waals surface area (Å²) in [6.45, 7) is 13.8. The molecule has 0 unspecified atom stereocenters. The molecule has 378 valence electrons. The minimum absolute atomic E-state index is 0.00675. The summed E-state index contributed by atoms with van der Waals surface area (Å²) in [5, 5.41) is 19.5. The molecule has 3 aromatic carbocycles. The zero-order chi connectivity index (χ0) is 50.0. The van der Waals surface area contributed by atoms with Crippen molar-refractivity contribution in [3.05, 3.63) is 100.0 Å². The van der Waals surface area contributed by atoms with E-state index in [2.05, 4.69) is 78.5 Å². The molecule has 0 bridgehead atoms. The highest BCUT2D eigenvalue weighted by Gasteiger charge is 2.45. The Kier molecular flexibility index (Phi) is 13.0. The zero-order valence-corrected chi connectivity index (χ0v) is 42.8. The van der Waals surface area contributed by atoms with E-state index in [-0.39, 0.29) is 40.7 Å². The van der Waals surface area contributed by atoms with E-state index in [1.807, 2.05) is 29.2 Å². The van der Waals surface area contributed by atoms with E-state index in [1.165, 1.54) is 11.4 Å². The van der Waals surface area contributed by atoms with Gasteiger partial charge >= 0.3 is 0 Å². The van der Waals surface area contributed by atoms with Crippen molar-refractivity contribution in [2.75, 3.05) is 78.5 Å². The third-order valence-corrected chi connectivity index (χ3v) is 17.6. The molecule has 13 nitrogen and oxygen atoms in total. The Hall–Kier alpha value is -6.14. The maximum Gasteiger partial charge on any atom is 0.264 e. The first-order chi connectivity index (χ1) is 34.8. The van der Waals surface area contributed by atoms with Gasteiger partial charge in [-0.2, -0.15) is 15.5 Å². The van der Waals surface area contributed by atoms with Crippen LogP contribution in [0.3, 0.4) is 0 Å². The first-order valence-electron chi connectivity index (χ1n) is 26.2. The van der Waals surface area contributed by atoms with Crippen molar-refractivity contribution in [1.82, 2.24) is 29.4 Å². The number of hydrogen-bond donors (Lipinski definition) is 0. The Bertz CT molecular complexity index is 2890. The lowest BCUT2D eigenvalue weighted by atomic mass is 9.76. The normalized spacial score (nSPS) is 22.4. The highest BCUT2D eigenvalue weighted by molar-refractivity contribution is 6.32. The fourth-order valence-electron chi connectivity index (χ4n) is 13.3. The highest BCUT2D eigenvalue weighted by Crippen LogP contribution is 2.47. The van der Waals surface area contributed by atoms with Gasteiger partial charge in [-0.3, -0.25) is 19.0 Å². The second-order valence-corrected chi connectivity index (χ2v) is 22.2. The summed E-state index contributed by atoms with van der Waals surface area (Å²) in [6.07, 6.45) is 8.83. The third kappa shape index (κ3) is 8.96. The first-order valence-corrected chi connectivity index (χ1v) is 26.6. The number of benzene rings is 3. The first kappa shape index (κ1) is 48.1. The van der Waals surface area contributed by atoms with Gasteiger partial charge in [0.25, 0.3) is 6.43 Å². The van der Waals surface area contributed by atoms with Crippen LogP contribution in [0.4, 0.5) is 37.3 Å². The van der Waals surface area contributed by atoms with Gasteiger partial charge < -0.3 is 29.4 Å². The van der Waals surface area contributed by atoms with Gasteiger partial charge in [0, 0.05) is 143 Å². The van der Waals surface area contributed by atoms with Crippen LogP contribution < -0.4 is 19.6 Å². The van der Waals surface area contributed by atoms with Crippen LogP contribution >= 0.6 is 11.6 Å². The Morgan fingerprint density at radius 2 is 1.61 bits per heavy atom. The van der Waals surface area contributed by atoms with Crippen LogP contribution in [0.25, 0.3) is 11.1 Å². The predicted octanol–water partition coefficient (Wildman–Crippen LogP) is 9.95. The van der Waals surface area contributed by atoms with Crippen molar-refractivity contribution in [1.29, 1.82) is 5.26 Å². The van der Waals surface area contributed by atoms with Crippen molar-refractivity contribution in [2.45, 2.75) is 104 Å². The summed E-state index contributed by atoms with van der Waals surface area (Å²) in [6, 6.07) is 21.1. The van der Waals surface area contributed by atoms with E-state index in [4.69, 9.17) is 16.7 Å². The van der Waals surface area contributed by atoms with Crippen molar-refractivity contribution in [2.24, 2.45) is 24.3 Å². The molecule has 0 radical (unpaired) electrons. The molecule has 0 aliphatic carbocycles. The third-order valence-electron chi connectivity index (χ3n) is 17.3. The lowest BCUT2D eigenvalue weighted by molar-refractivity contribution is -0.139. The molecule has 16 heteroatoms. The smallest absolute Gasteiger partial charge is 0.264 e. The van der Waals surface area contributed by atoms with Gasteiger partial charge in [0.2, 0.25) is 11.8 Å². The van der Waals surface area contributed by atoms with Gasteiger partial charge in [0.1, 0.15) is 6.07 Å². The molecule has 0 saturated carbocycles. The number of carbonyl (C=O) groups excluding carboxylic acids is 2. The zero-order valence-electron chi connectivity index (χ0n) is 42.0. The monoisotopic (exact) mass is 998 g/mol. The van der Waals surface area contributed by atoms with Crippen LogP contribution in [0.5, 0.6) is 0 Å². The molecular weight excluding hydrogens is 932 g/mol. The summed E-state index contributed by atoms with van der Waals surface area (Å²) in [5.74, 6) is 1.19. The number of rotatable bonds is 8. The Morgan fingerprint density at radius 1 is 0.875 bits per heavy atom. The number of amides is 2. The fraction of sp³-hybridized carbons (Fsp3) is 0.518. The summed E-state index contributed by atoms with van der Waals surface area (Å²) >= 11 is 6.43. The fourth-order valence-corrected chi connectivity index (χ4v) is 13.5. The minimum Gasteiger partial charge on any atom is -0.371 e. The molecule has 6 aliphatic rings. The van der Waals surface area contributed by atoms with Crippen LogP contribution in [0.2, 0.25) is 5.02 Å². The Morgan fingerprint density at radius 3 is 2.28 bits per heavy atom. The molecule has 8 heterocycles. The largest absolute Gasteiger partial charge is 0.371 e. The Labute approximate surface area is 426 Å². The molecule has 11 rings (SSSR count). The van der Waals surface area contributed by atoms with E-state index >= 15 is 0 Å². The maximum absolute atomic E-state index is 14.8. The molecule has 72 heavy (non-hydrogen) atoms. The number of fused-ring (bicyclic) bond motifs is 2. The van der Waals surface area contributed by atoms with Crippen molar-refractivity contribution >= 4 is 52.0 Å². The molecule has 2 amide bonds. The lowest BCUT2D eigenvalue weighted by Gasteiger charge is -2.42. The second-order valence-electron chi connectivity index (χ2n) is 21.7. The van der Waals surface area contributed by atoms with Crippen LogP contribution in [-0.4, -0.2) is 106 Å². The number of hydrogen-bond acceptors (Lipinski definition) is 9. The molecule has 6 aliphatic heterocycles. The number of alkyl halides is 2. The number of likely N-dealkylation sites (tertiary alicyclic amines) is 1. The summed E-state index contributed by atoms with van der Waals surface area (Å²) in [5.41, 5.74) is 9.36. The number of nitriles is 1. The quantitative estimate of drug-likeness (QED) is 0.150. The van der Waals surface area contributed by atoms with Gasteiger partial charge in [-0.25, -0.2) is 8.78 Å². The maximum atomic E-state index is 14.8. The predicted molar refractivity (Wildman–Crippen MR) is 278 cm³/mol. The van der Waals surface area contributed by atoms with Crippen LogP contribution in [-0.2, 0) is 36.0 Å². The van der Waals surface area contributed by atoms with Gasteiger partial charge in [-0.05, 0) is 135 Å². The molecule has 1 spiro atoms. The van der Waals surface area contributed by atoms with Gasteiger partial charge in [0.15, 0.2) is 5.82 Å².